The van der Waals surface area contributed by atoms with Crippen LogP contribution in [-0.2, 0) is 42.7 Å². The molecule has 1 saturated heterocycles. The first-order valence-electron chi connectivity index (χ1n) is 22.1. The summed E-state index contributed by atoms with van der Waals surface area (Å²) >= 11 is 0. The van der Waals surface area contributed by atoms with Crippen LogP contribution in [0.4, 0.5) is 19.2 Å². The van der Waals surface area contributed by atoms with Gasteiger partial charge in [0.1, 0.15) is 64.3 Å². The number of rotatable bonds is 13. The van der Waals surface area contributed by atoms with Crippen LogP contribution in [0.5, 0.6) is 0 Å². The number of ether oxygens (including phenoxy) is 8. The third kappa shape index (κ3) is 17.4. The minimum absolute atomic E-state index is 0.0686. The Balaban J connectivity index is 2.08. The monoisotopic (exact) mass is 949 g/mol. The van der Waals surface area contributed by atoms with E-state index in [9.17, 15) is 44.4 Å². The Hall–Kier alpha value is -4.23. The van der Waals surface area contributed by atoms with Crippen LogP contribution in [0.2, 0.25) is 0 Å². The summed E-state index contributed by atoms with van der Waals surface area (Å²) in [5.41, 5.74) is 0.455. The zero-order chi connectivity index (χ0) is 50.3. The lowest BCUT2D eigenvalue weighted by atomic mass is 9.82. The summed E-state index contributed by atoms with van der Waals surface area (Å²) in [7, 11) is 1.31. The number of carbonyl (C=O) groups excluding carboxylic acids is 5. The van der Waals surface area contributed by atoms with E-state index in [1.807, 2.05) is 0 Å². The van der Waals surface area contributed by atoms with Crippen molar-refractivity contribution in [2.75, 3.05) is 26.7 Å². The minimum Gasteiger partial charge on any atom is -0.466 e. The second kappa shape index (κ2) is 22.3. The summed E-state index contributed by atoms with van der Waals surface area (Å²) in [6.07, 6.45) is -13.9. The molecule has 5 amide bonds. The summed E-state index contributed by atoms with van der Waals surface area (Å²) < 4.78 is 46.4. The molecule has 66 heavy (non-hydrogen) atoms. The van der Waals surface area contributed by atoms with Crippen LogP contribution < -0.4 is 27.0 Å². The van der Waals surface area contributed by atoms with Crippen molar-refractivity contribution < 1.29 is 82.3 Å². The summed E-state index contributed by atoms with van der Waals surface area (Å²) in [5.74, 6) is -0.698. The molecule has 1 aliphatic carbocycles. The molecule has 0 radical (unpaired) electrons. The number of hydrogen-bond acceptors (Lipinski definition) is 18. The minimum atomic E-state index is -1.88. The molecule has 380 valence electrons. The van der Waals surface area contributed by atoms with Gasteiger partial charge in [-0.25, -0.2) is 19.2 Å². The van der Waals surface area contributed by atoms with Gasteiger partial charge in [0.05, 0.1) is 37.3 Å². The molecule has 23 nitrogen and oxygen atoms in total. The number of nitrogens with one attached hydrogen (secondary N) is 4. The molecule has 0 aromatic carbocycles. The van der Waals surface area contributed by atoms with Gasteiger partial charge < -0.3 is 90.2 Å². The molecule has 3 rings (SSSR count). The average Bonchev–Trinajstić information content (AvgIpc) is 3.12. The number of nitrogens with zero attached hydrogens (tertiary/aromatic N) is 1. The van der Waals surface area contributed by atoms with Gasteiger partial charge in [-0.3, -0.25) is 4.79 Å². The molecule has 2 aliphatic heterocycles. The quantitative estimate of drug-likeness (QED) is 0.118. The van der Waals surface area contributed by atoms with Gasteiger partial charge in [0.25, 0.3) is 0 Å². The molecule has 1 unspecified atom stereocenters. The van der Waals surface area contributed by atoms with E-state index in [0.29, 0.717) is 0 Å². The van der Waals surface area contributed by atoms with Gasteiger partial charge in [-0.1, -0.05) is 0 Å². The van der Waals surface area contributed by atoms with Gasteiger partial charge in [-0.2, -0.15) is 0 Å². The van der Waals surface area contributed by atoms with Gasteiger partial charge in [0.2, 0.25) is 12.2 Å². The Bertz CT molecular complexity index is 1700. The number of alkyl carbamates (subject to hydrolysis) is 3. The predicted molar refractivity (Wildman–Crippen MR) is 234 cm³/mol. The van der Waals surface area contributed by atoms with E-state index < -0.39 is 132 Å². The van der Waals surface area contributed by atoms with E-state index in [1.54, 1.807) is 89.2 Å². The molecule has 0 aromatic rings. The van der Waals surface area contributed by atoms with Crippen LogP contribution in [0, 0.1) is 0 Å². The van der Waals surface area contributed by atoms with Crippen molar-refractivity contribution in [1.82, 2.24) is 26.2 Å². The van der Waals surface area contributed by atoms with Crippen LogP contribution in [0.1, 0.15) is 109 Å². The molecule has 10 N–H and O–H groups in total. The van der Waals surface area contributed by atoms with Crippen LogP contribution in [-0.4, -0.2) is 178 Å². The van der Waals surface area contributed by atoms with Gasteiger partial charge in [-0.15, -0.1) is 0 Å². The van der Waals surface area contributed by atoms with Crippen molar-refractivity contribution >= 4 is 30.3 Å². The molecule has 0 spiro atoms. The van der Waals surface area contributed by atoms with E-state index in [4.69, 9.17) is 43.6 Å². The van der Waals surface area contributed by atoms with Gasteiger partial charge >= 0.3 is 24.4 Å². The molecule has 12 atom stereocenters. The van der Waals surface area contributed by atoms with Crippen LogP contribution >= 0.6 is 0 Å². The number of nitrogens with two attached hydrogens (primary N) is 1. The molecule has 0 bridgehead atoms. The zero-order valence-electron chi connectivity index (χ0n) is 40.8. The number of aliphatic hydroxyl groups is 4. The fraction of sp³-hybridized carbons (Fsp3) is 0.837. The van der Waals surface area contributed by atoms with Crippen LogP contribution in [0.25, 0.3) is 0 Å². The van der Waals surface area contributed by atoms with Crippen molar-refractivity contribution in [3.8, 4) is 0 Å². The van der Waals surface area contributed by atoms with E-state index >= 15 is 0 Å². The highest BCUT2D eigenvalue weighted by Crippen LogP contribution is 2.35. The molecule has 2 fully saturated rings. The molecule has 3 aliphatic rings. The standard InChI is InChI=1S/C43H76N6O17/c1-39(2,3)63-35(54)45-18-17-26(50)32(53)46-24-19-25(48-37(56)65-41(7,8)9)30(61-33-23(16-15-22(20-44)60-33)47-36(55)64-40(4,5)6)27(51)29(24)62-34-28(52)31(43(13,58)21-59-34)49(14)38(57)66-42(10,11)12/h15,23-31,33-34,50-52,58H,16-21,44H2,1-14H3,(H,45,54)(H,46,53)(H,47,55)(H,48,56)/t23-,24-,25+,26?,27-,28-,29+,30-,31-,33-,34-,43+/m1/s1. The fourth-order valence-electron chi connectivity index (χ4n) is 7.30. The van der Waals surface area contributed by atoms with Gasteiger partial charge in [-0.05, 0) is 115 Å². The van der Waals surface area contributed by atoms with Crippen LogP contribution in [0.3, 0.4) is 0 Å². The maximum Gasteiger partial charge on any atom is 0.410 e. The molecule has 1 saturated carbocycles. The highest BCUT2D eigenvalue weighted by Gasteiger charge is 2.55. The Morgan fingerprint density at radius 2 is 1.26 bits per heavy atom. The smallest absolute Gasteiger partial charge is 0.410 e. The van der Waals surface area contributed by atoms with Gasteiger partial charge in [0, 0.05) is 13.6 Å². The number of amides is 5. The maximum absolute atomic E-state index is 13.7. The number of carbonyl (C=O) groups is 5. The number of aliphatic hydroxyl groups excluding tert-OH is 3. The van der Waals surface area contributed by atoms with E-state index in [-0.39, 0.29) is 38.1 Å². The summed E-state index contributed by atoms with van der Waals surface area (Å²) in [6, 6.07) is -4.93. The number of hydrogen-bond donors (Lipinski definition) is 9. The van der Waals surface area contributed by atoms with E-state index in [0.717, 1.165) is 4.90 Å². The Kier molecular flexibility index (Phi) is 18.9. The largest absolute Gasteiger partial charge is 0.466 e. The van der Waals surface area contributed by atoms with E-state index in [2.05, 4.69) is 21.3 Å². The third-order valence-electron chi connectivity index (χ3n) is 9.95. The SMILES string of the molecule is CN(C(=O)OC(C)(C)C)[C@@H]1[C@@H](O)[C@@H](O[C@@H]2[C@@H](O)[C@H](O[C@H]3OC(CN)=CC[C@H]3NC(=O)OC(C)(C)C)[C@@H](NC(=O)OC(C)(C)C)C[C@H]2NC(=O)C(O)CCNC(=O)OC(C)(C)C)OC[C@]1(C)O. The third-order valence-corrected chi connectivity index (χ3v) is 9.95. The molecule has 23 heteroatoms. The average molecular weight is 949 g/mol. The highest BCUT2D eigenvalue weighted by atomic mass is 16.7. The first kappa shape index (κ1) is 56.1. The second-order valence-electron chi connectivity index (χ2n) is 20.9. The highest BCUT2D eigenvalue weighted by molar-refractivity contribution is 5.81. The lowest BCUT2D eigenvalue weighted by molar-refractivity contribution is -0.311. The van der Waals surface area contributed by atoms with Gasteiger partial charge in [0.15, 0.2) is 6.29 Å². The zero-order valence-corrected chi connectivity index (χ0v) is 40.8. The first-order chi connectivity index (χ1) is 30.1. The lowest BCUT2D eigenvalue weighted by Crippen LogP contribution is -2.71. The first-order valence-corrected chi connectivity index (χ1v) is 22.1. The van der Waals surface area contributed by atoms with Crippen molar-refractivity contribution in [1.29, 1.82) is 0 Å². The molecule has 0 aromatic heterocycles. The predicted octanol–water partition coefficient (Wildman–Crippen LogP) is 1.36. The maximum atomic E-state index is 13.7. The Morgan fingerprint density at radius 1 is 0.773 bits per heavy atom. The van der Waals surface area contributed by atoms with E-state index in [1.165, 1.54) is 14.0 Å². The summed E-state index contributed by atoms with van der Waals surface area (Å²) in [6.45, 7) is 20.4. The molecular weight excluding hydrogens is 872 g/mol. The van der Waals surface area contributed by atoms with Crippen molar-refractivity contribution in [3.63, 3.8) is 0 Å². The number of likely N-dealkylation sites (N-methyl/N-ethyl adjacent to an activating group) is 1. The molecule has 2 heterocycles. The van der Waals surface area contributed by atoms with Crippen molar-refractivity contribution in [3.05, 3.63) is 11.8 Å². The second-order valence-corrected chi connectivity index (χ2v) is 20.9. The fourth-order valence-corrected chi connectivity index (χ4v) is 7.30. The van der Waals surface area contributed by atoms with Crippen molar-refractivity contribution in [2.45, 2.75) is 205 Å². The summed E-state index contributed by atoms with van der Waals surface area (Å²) in [5, 5.41) is 57.2. The molecular formula is C43H76N6O17. The summed E-state index contributed by atoms with van der Waals surface area (Å²) in [4.78, 5) is 66.6. The normalized spacial score (nSPS) is 30.0. The lowest BCUT2D eigenvalue weighted by Gasteiger charge is -2.50. The van der Waals surface area contributed by atoms with Crippen LogP contribution in [0.15, 0.2) is 11.8 Å². The van der Waals surface area contributed by atoms with Crippen molar-refractivity contribution in [2.24, 2.45) is 5.73 Å². The Morgan fingerprint density at radius 3 is 1.77 bits per heavy atom. The topological polar surface area (TPSA) is 317 Å². The Labute approximate surface area is 387 Å².